The molecule has 0 aromatic heterocycles. The molecule has 1 unspecified atom stereocenters. The molecule has 1 heterocycles. The summed E-state index contributed by atoms with van der Waals surface area (Å²) >= 11 is 0. The van der Waals surface area contributed by atoms with Crippen molar-refractivity contribution in [3.63, 3.8) is 0 Å². The third kappa shape index (κ3) is 6.58. The van der Waals surface area contributed by atoms with Gasteiger partial charge in [-0.2, -0.15) is 0 Å². The Morgan fingerprint density at radius 1 is 1.24 bits per heavy atom. The summed E-state index contributed by atoms with van der Waals surface area (Å²) in [6, 6.07) is 9.29. The maximum Gasteiger partial charge on any atom is 0.191 e. The number of piperazine rings is 1. The van der Waals surface area contributed by atoms with Crippen LogP contribution in [0.5, 0.6) is 0 Å². The van der Waals surface area contributed by atoms with E-state index in [4.69, 9.17) is 0 Å². The minimum Gasteiger partial charge on any atom is -0.369 e. The first-order valence-corrected chi connectivity index (χ1v) is 9.63. The number of aryl methyl sites for hydroxylation is 1. The van der Waals surface area contributed by atoms with Crippen molar-refractivity contribution in [2.75, 3.05) is 51.2 Å². The highest BCUT2D eigenvalue weighted by molar-refractivity contribution is 5.79. The van der Waals surface area contributed by atoms with E-state index in [2.05, 4.69) is 70.5 Å². The van der Waals surface area contributed by atoms with Crippen LogP contribution in [-0.4, -0.2) is 63.2 Å². The number of hydrogen-bond donors (Lipinski definition) is 2. The lowest BCUT2D eigenvalue weighted by Crippen LogP contribution is -2.47. The van der Waals surface area contributed by atoms with Gasteiger partial charge in [0.15, 0.2) is 5.96 Å². The SMILES string of the molecule is CCC(C)NC(=NC)NCCCN1CCN(c2cccc(C)c2)CC1. The molecule has 25 heavy (non-hydrogen) atoms. The van der Waals surface area contributed by atoms with E-state index in [1.807, 2.05) is 7.05 Å². The van der Waals surface area contributed by atoms with Crippen LogP contribution in [0.15, 0.2) is 29.3 Å². The summed E-state index contributed by atoms with van der Waals surface area (Å²) in [7, 11) is 1.84. The Hall–Kier alpha value is -1.75. The highest BCUT2D eigenvalue weighted by Crippen LogP contribution is 2.17. The average Bonchev–Trinajstić information content (AvgIpc) is 2.64. The predicted molar refractivity (Wildman–Crippen MR) is 109 cm³/mol. The van der Waals surface area contributed by atoms with Crippen molar-refractivity contribution in [3.8, 4) is 0 Å². The van der Waals surface area contributed by atoms with Gasteiger partial charge < -0.3 is 15.5 Å². The highest BCUT2D eigenvalue weighted by Gasteiger charge is 2.16. The van der Waals surface area contributed by atoms with Gasteiger partial charge in [0.05, 0.1) is 0 Å². The van der Waals surface area contributed by atoms with Gasteiger partial charge in [-0.1, -0.05) is 19.1 Å². The standard InChI is InChI=1S/C20H35N5/c1-5-18(3)23-20(21-4)22-10-7-11-24-12-14-25(15-13-24)19-9-6-8-17(2)16-19/h6,8-9,16,18H,5,7,10-15H2,1-4H3,(H2,21,22,23). The Morgan fingerprint density at radius 3 is 2.64 bits per heavy atom. The van der Waals surface area contributed by atoms with Crippen molar-refractivity contribution in [1.82, 2.24) is 15.5 Å². The normalized spacial score (nSPS) is 17.4. The van der Waals surface area contributed by atoms with Crippen molar-refractivity contribution in [2.45, 2.75) is 39.7 Å². The molecule has 5 heteroatoms. The van der Waals surface area contributed by atoms with Gasteiger partial charge in [0.25, 0.3) is 0 Å². The van der Waals surface area contributed by atoms with Crippen LogP contribution in [-0.2, 0) is 0 Å². The third-order valence-electron chi connectivity index (χ3n) is 4.90. The minimum absolute atomic E-state index is 0.459. The lowest BCUT2D eigenvalue weighted by Gasteiger charge is -2.36. The molecule has 140 valence electrons. The van der Waals surface area contributed by atoms with Crippen LogP contribution < -0.4 is 15.5 Å². The number of nitrogens with zero attached hydrogens (tertiary/aromatic N) is 3. The van der Waals surface area contributed by atoms with E-state index in [0.717, 1.165) is 58.1 Å². The van der Waals surface area contributed by atoms with Gasteiger partial charge in [0, 0.05) is 51.5 Å². The lowest BCUT2D eigenvalue weighted by molar-refractivity contribution is 0.255. The fourth-order valence-corrected chi connectivity index (χ4v) is 3.09. The van der Waals surface area contributed by atoms with Crippen LogP contribution in [0.2, 0.25) is 0 Å². The van der Waals surface area contributed by atoms with Gasteiger partial charge in [0.1, 0.15) is 0 Å². The van der Waals surface area contributed by atoms with E-state index >= 15 is 0 Å². The first kappa shape index (κ1) is 19.6. The molecule has 1 saturated heterocycles. The van der Waals surface area contributed by atoms with E-state index < -0.39 is 0 Å². The molecule has 1 atom stereocenters. The fraction of sp³-hybridized carbons (Fsp3) is 0.650. The van der Waals surface area contributed by atoms with Gasteiger partial charge in [-0.25, -0.2) is 0 Å². The zero-order valence-electron chi connectivity index (χ0n) is 16.4. The van der Waals surface area contributed by atoms with Crippen LogP contribution in [0.1, 0.15) is 32.3 Å². The number of aliphatic imine (C=N–C) groups is 1. The van der Waals surface area contributed by atoms with E-state index in [1.54, 1.807) is 0 Å². The summed E-state index contributed by atoms with van der Waals surface area (Å²) in [6.07, 6.45) is 2.25. The van der Waals surface area contributed by atoms with Crippen LogP contribution in [0.3, 0.4) is 0 Å². The molecule has 1 aliphatic heterocycles. The largest absolute Gasteiger partial charge is 0.369 e. The smallest absolute Gasteiger partial charge is 0.191 e. The zero-order chi connectivity index (χ0) is 18.1. The lowest BCUT2D eigenvalue weighted by atomic mass is 10.2. The molecule has 1 aliphatic rings. The highest BCUT2D eigenvalue weighted by atomic mass is 15.3. The molecular weight excluding hydrogens is 310 g/mol. The molecule has 0 aliphatic carbocycles. The van der Waals surface area contributed by atoms with Crippen LogP contribution in [0.25, 0.3) is 0 Å². The Kier molecular flexibility index (Phi) is 8.06. The van der Waals surface area contributed by atoms with Gasteiger partial charge in [-0.05, 0) is 50.9 Å². The minimum atomic E-state index is 0.459. The Morgan fingerprint density at radius 2 is 2.00 bits per heavy atom. The molecule has 1 fully saturated rings. The number of rotatable bonds is 7. The number of anilines is 1. The van der Waals surface area contributed by atoms with Crippen molar-refractivity contribution >= 4 is 11.6 Å². The quantitative estimate of drug-likeness (QED) is 0.453. The second-order valence-electron chi connectivity index (χ2n) is 6.97. The molecule has 5 nitrogen and oxygen atoms in total. The van der Waals surface area contributed by atoms with Crippen LogP contribution in [0.4, 0.5) is 5.69 Å². The first-order chi connectivity index (χ1) is 12.1. The first-order valence-electron chi connectivity index (χ1n) is 9.63. The summed E-state index contributed by atoms with van der Waals surface area (Å²) in [5.41, 5.74) is 2.70. The van der Waals surface area contributed by atoms with Crippen molar-refractivity contribution < 1.29 is 0 Å². The molecule has 0 spiro atoms. The maximum absolute atomic E-state index is 4.29. The maximum atomic E-state index is 4.29. The fourth-order valence-electron chi connectivity index (χ4n) is 3.09. The molecular formula is C20H35N5. The molecule has 1 aromatic carbocycles. The predicted octanol–water partition coefficient (Wildman–Crippen LogP) is 2.47. The van der Waals surface area contributed by atoms with Crippen LogP contribution in [0, 0.1) is 6.92 Å². The number of benzene rings is 1. The third-order valence-corrected chi connectivity index (χ3v) is 4.90. The van der Waals surface area contributed by atoms with Gasteiger partial charge in [-0.3, -0.25) is 9.89 Å². The molecule has 0 saturated carbocycles. The Labute approximate surface area is 153 Å². The molecule has 2 rings (SSSR count). The van der Waals surface area contributed by atoms with Crippen LogP contribution >= 0.6 is 0 Å². The summed E-state index contributed by atoms with van der Waals surface area (Å²) in [5, 5.41) is 6.82. The second kappa shape index (κ2) is 10.3. The zero-order valence-corrected chi connectivity index (χ0v) is 16.4. The van der Waals surface area contributed by atoms with Crippen molar-refractivity contribution in [2.24, 2.45) is 4.99 Å². The number of nitrogens with one attached hydrogen (secondary N) is 2. The van der Waals surface area contributed by atoms with E-state index in [1.165, 1.54) is 11.3 Å². The van der Waals surface area contributed by atoms with Gasteiger partial charge in [0.2, 0.25) is 0 Å². The number of hydrogen-bond acceptors (Lipinski definition) is 3. The topological polar surface area (TPSA) is 42.9 Å². The summed E-state index contributed by atoms with van der Waals surface area (Å²) in [5.74, 6) is 0.915. The van der Waals surface area contributed by atoms with E-state index in [0.29, 0.717) is 6.04 Å². The van der Waals surface area contributed by atoms with E-state index in [-0.39, 0.29) is 0 Å². The van der Waals surface area contributed by atoms with Gasteiger partial charge in [-0.15, -0.1) is 0 Å². The Bertz CT molecular complexity index is 535. The monoisotopic (exact) mass is 345 g/mol. The van der Waals surface area contributed by atoms with Crippen molar-refractivity contribution in [3.05, 3.63) is 29.8 Å². The molecule has 2 N–H and O–H groups in total. The Balaban J connectivity index is 1.64. The second-order valence-corrected chi connectivity index (χ2v) is 6.97. The molecule has 0 radical (unpaired) electrons. The molecule has 1 aromatic rings. The summed E-state index contributed by atoms with van der Waals surface area (Å²) < 4.78 is 0. The summed E-state index contributed by atoms with van der Waals surface area (Å²) in [4.78, 5) is 9.35. The molecule has 0 bridgehead atoms. The van der Waals surface area contributed by atoms with Crippen molar-refractivity contribution in [1.29, 1.82) is 0 Å². The average molecular weight is 346 g/mol. The summed E-state index contributed by atoms with van der Waals surface area (Å²) in [6.45, 7) is 13.2. The number of guanidine groups is 1. The molecule has 0 amide bonds. The van der Waals surface area contributed by atoms with E-state index in [9.17, 15) is 0 Å². The van der Waals surface area contributed by atoms with Gasteiger partial charge >= 0.3 is 0 Å².